The predicted molar refractivity (Wildman–Crippen MR) is 65.4 cm³/mol. The van der Waals surface area contributed by atoms with E-state index in [1.54, 1.807) is 0 Å². The SMILES string of the molecule is C=CCCCOc1c(C)c[c-]cc1C.[Br-].[Mg+2]. The van der Waals surface area contributed by atoms with Gasteiger partial charge in [0.15, 0.2) is 0 Å². The molecule has 0 amide bonds. The Kier molecular flexibility index (Phi) is 11.7. The largest absolute Gasteiger partial charge is 2.00 e. The number of ether oxygens (including phenoxy) is 1. The summed E-state index contributed by atoms with van der Waals surface area (Å²) in [6.07, 6.45) is 3.96. The zero-order chi connectivity index (χ0) is 10.4. The molecule has 1 nitrogen and oxygen atoms in total. The van der Waals surface area contributed by atoms with Crippen LogP contribution in [0, 0.1) is 19.9 Å². The molecule has 0 saturated heterocycles. The first kappa shape index (κ1) is 18.4. The van der Waals surface area contributed by atoms with Crippen LogP contribution in [0.25, 0.3) is 0 Å². The quantitative estimate of drug-likeness (QED) is 0.323. The summed E-state index contributed by atoms with van der Waals surface area (Å²) >= 11 is 0. The van der Waals surface area contributed by atoms with Gasteiger partial charge in [0.25, 0.3) is 0 Å². The van der Waals surface area contributed by atoms with Crippen LogP contribution in [0.4, 0.5) is 0 Å². The first-order valence-electron chi connectivity index (χ1n) is 4.96. The second kappa shape index (κ2) is 10.2. The van der Waals surface area contributed by atoms with E-state index in [9.17, 15) is 0 Å². The van der Waals surface area contributed by atoms with Crippen molar-refractivity contribution in [3.05, 3.63) is 42.0 Å². The average Bonchev–Trinajstić information content (AvgIpc) is 2.16. The fourth-order valence-electron chi connectivity index (χ4n) is 1.36. The molecule has 0 N–H and O–H groups in total. The van der Waals surface area contributed by atoms with Crippen molar-refractivity contribution < 1.29 is 21.7 Å². The van der Waals surface area contributed by atoms with Gasteiger partial charge in [-0.25, -0.2) is 0 Å². The Hall–Kier alpha value is 0.00623. The van der Waals surface area contributed by atoms with Gasteiger partial charge in [0, 0.05) is 5.75 Å². The van der Waals surface area contributed by atoms with Crippen molar-refractivity contribution >= 4 is 23.1 Å². The number of hydrogen-bond acceptors (Lipinski definition) is 1. The van der Waals surface area contributed by atoms with Crippen molar-refractivity contribution in [1.82, 2.24) is 0 Å². The summed E-state index contributed by atoms with van der Waals surface area (Å²) in [5.74, 6) is 1.01. The van der Waals surface area contributed by atoms with Crippen LogP contribution in [0.3, 0.4) is 0 Å². The standard InChI is InChI=1S/C13H17O.BrH.Mg/c1-4-5-6-10-14-13-11(2)8-7-9-12(13)3;;/h4,8-9H,1,5-6,10H2,2-3H3;1H;/q-1;;+2/p-1. The molecule has 0 aliphatic rings. The number of rotatable bonds is 5. The molecule has 0 aliphatic heterocycles. The molecule has 0 fully saturated rings. The minimum Gasteiger partial charge on any atom is -1.00 e. The van der Waals surface area contributed by atoms with E-state index in [0.717, 1.165) is 36.3 Å². The number of hydrogen-bond donors (Lipinski definition) is 0. The van der Waals surface area contributed by atoms with Crippen molar-refractivity contribution in [2.45, 2.75) is 26.7 Å². The predicted octanol–water partition coefficient (Wildman–Crippen LogP) is 0.0718. The van der Waals surface area contributed by atoms with Gasteiger partial charge in [-0.3, -0.25) is 0 Å². The maximum atomic E-state index is 5.70. The van der Waals surface area contributed by atoms with E-state index in [1.807, 2.05) is 32.1 Å². The molecule has 0 heterocycles. The van der Waals surface area contributed by atoms with Gasteiger partial charge in [-0.2, -0.15) is 18.2 Å². The molecule has 0 spiro atoms. The van der Waals surface area contributed by atoms with Gasteiger partial charge in [0.1, 0.15) is 0 Å². The van der Waals surface area contributed by atoms with Crippen LogP contribution in [0.1, 0.15) is 24.0 Å². The fraction of sp³-hybridized carbons (Fsp3) is 0.385. The van der Waals surface area contributed by atoms with E-state index >= 15 is 0 Å². The molecule has 16 heavy (non-hydrogen) atoms. The number of aryl methyl sites for hydroxylation is 2. The molecule has 1 aromatic carbocycles. The second-order valence-electron chi connectivity index (χ2n) is 3.43. The van der Waals surface area contributed by atoms with E-state index in [-0.39, 0.29) is 40.0 Å². The monoisotopic (exact) mass is 292 g/mol. The molecule has 0 bridgehead atoms. The topological polar surface area (TPSA) is 9.23 Å². The van der Waals surface area contributed by atoms with Crippen LogP contribution in [0.15, 0.2) is 24.8 Å². The molecule has 0 unspecified atom stereocenters. The fourth-order valence-corrected chi connectivity index (χ4v) is 1.36. The van der Waals surface area contributed by atoms with Gasteiger partial charge in [0.2, 0.25) is 0 Å². The number of benzene rings is 1. The molecule has 1 rings (SSSR count). The zero-order valence-electron chi connectivity index (χ0n) is 10.1. The van der Waals surface area contributed by atoms with Gasteiger partial charge >= 0.3 is 23.1 Å². The Morgan fingerprint density at radius 2 is 1.88 bits per heavy atom. The van der Waals surface area contributed by atoms with Gasteiger partial charge in [-0.1, -0.05) is 19.9 Å². The van der Waals surface area contributed by atoms with Gasteiger partial charge in [0.05, 0.1) is 6.61 Å². The summed E-state index contributed by atoms with van der Waals surface area (Å²) in [5.41, 5.74) is 2.31. The molecule has 0 saturated carbocycles. The van der Waals surface area contributed by atoms with Gasteiger partial charge in [-0.05, 0) is 12.8 Å². The van der Waals surface area contributed by atoms with Crippen LogP contribution in [0.2, 0.25) is 0 Å². The summed E-state index contributed by atoms with van der Waals surface area (Å²) in [6, 6.07) is 6.98. The molecule has 0 radical (unpaired) electrons. The molecular weight excluding hydrogens is 276 g/mol. The van der Waals surface area contributed by atoms with Crippen LogP contribution in [-0.4, -0.2) is 29.7 Å². The Bertz CT molecular complexity index is 293. The van der Waals surface area contributed by atoms with Crippen LogP contribution < -0.4 is 21.7 Å². The summed E-state index contributed by atoms with van der Waals surface area (Å²) in [6.45, 7) is 8.54. The van der Waals surface area contributed by atoms with E-state index in [1.165, 1.54) is 0 Å². The van der Waals surface area contributed by atoms with Crippen LogP contribution in [-0.2, 0) is 0 Å². The molecular formula is C13H17BrMgO. The van der Waals surface area contributed by atoms with Crippen molar-refractivity contribution in [3.63, 3.8) is 0 Å². The van der Waals surface area contributed by atoms with Crippen molar-refractivity contribution in [1.29, 1.82) is 0 Å². The Morgan fingerprint density at radius 3 is 2.38 bits per heavy atom. The summed E-state index contributed by atoms with van der Waals surface area (Å²) < 4.78 is 5.70. The van der Waals surface area contributed by atoms with Crippen molar-refractivity contribution in [3.8, 4) is 5.75 Å². The third-order valence-corrected chi connectivity index (χ3v) is 2.11. The minimum absolute atomic E-state index is 0. The van der Waals surface area contributed by atoms with E-state index < -0.39 is 0 Å². The van der Waals surface area contributed by atoms with E-state index in [0.29, 0.717) is 0 Å². The average molecular weight is 293 g/mol. The first-order valence-corrected chi connectivity index (χ1v) is 4.96. The maximum Gasteiger partial charge on any atom is 2.00 e. The number of halogens is 1. The van der Waals surface area contributed by atoms with Crippen LogP contribution in [0.5, 0.6) is 5.75 Å². The van der Waals surface area contributed by atoms with E-state index in [2.05, 4.69) is 12.6 Å². The molecule has 1 aromatic rings. The second-order valence-corrected chi connectivity index (χ2v) is 3.43. The third-order valence-electron chi connectivity index (χ3n) is 2.11. The van der Waals surface area contributed by atoms with Gasteiger partial charge in [-0.15, -0.1) is 17.7 Å². The Labute approximate surface area is 125 Å². The number of allylic oxidation sites excluding steroid dienone is 1. The Morgan fingerprint density at radius 1 is 1.31 bits per heavy atom. The summed E-state index contributed by atoms with van der Waals surface area (Å²) in [5, 5.41) is 0. The zero-order valence-corrected chi connectivity index (χ0v) is 13.1. The maximum absolute atomic E-state index is 5.70. The Balaban J connectivity index is 0. The number of unbranched alkanes of at least 4 members (excludes halogenated alkanes) is 1. The minimum atomic E-state index is 0. The molecule has 0 aliphatic carbocycles. The normalized spacial score (nSPS) is 8.62. The molecule has 0 aromatic heterocycles. The smallest absolute Gasteiger partial charge is 1.00 e. The van der Waals surface area contributed by atoms with Crippen LogP contribution >= 0.6 is 0 Å². The van der Waals surface area contributed by atoms with Gasteiger partial charge < -0.3 is 21.7 Å². The molecule has 84 valence electrons. The third kappa shape index (κ3) is 5.92. The van der Waals surface area contributed by atoms with Crippen molar-refractivity contribution in [2.24, 2.45) is 0 Å². The molecule has 3 heteroatoms. The first-order chi connectivity index (χ1) is 6.75. The molecule has 0 atom stereocenters. The van der Waals surface area contributed by atoms with E-state index in [4.69, 9.17) is 4.74 Å². The summed E-state index contributed by atoms with van der Waals surface area (Å²) in [7, 11) is 0. The summed E-state index contributed by atoms with van der Waals surface area (Å²) in [4.78, 5) is 0. The van der Waals surface area contributed by atoms with Crippen molar-refractivity contribution in [2.75, 3.05) is 6.61 Å².